The van der Waals surface area contributed by atoms with Crippen LogP contribution in [0.2, 0.25) is 0 Å². The average molecular weight is 370 g/mol. The molecule has 3 aromatic rings. The number of fused-ring (bicyclic) bond motifs is 1. The van der Waals surface area contributed by atoms with Crippen molar-refractivity contribution in [2.24, 2.45) is 5.92 Å². The van der Waals surface area contributed by atoms with E-state index >= 15 is 0 Å². The SMILES string of the molecule is Cc1sc2nc(Cn3nc(C4CC4)cc3C)cc(=O)n2c1[C@@H]1C[C@H]1CO. The Bertz CT molecular complexity index is 1060. The fraction of sp³-hybridized carbons (Fsp3) is 0.526. The van der Waals surface area contributed by atoms with E-state index in [1.165, 1.54) is 18.5 Å². The van der Waals surface area contributed by atoms with Crippen LogP contribution >= 0.6 is 11.3 Å². The lowest BCUT2D eigenvalue weighted by Gasteiger charge is -2.05. The molecule has 0 saturated heterocycles. The maximum atomic E-state index is 12.8. The van der Waals surface area contributed by atoms with Gasteiger partial charge < -0.3 is 5.11 Å². The molecule has 2 atom stereocenters. The lowest BCUT2D eigenvalue weighted by atomic mass is 10.2. The number of nitrogens with zero attached hydrogens (tertiary/aromatic N) is 4. The minimum atomic E-state index is -0.0276. The lowest BCUT2D eigenvalue weighted by Crippen LogP contribution is -2.18. The Morgan fingerprint density at radius 3 is 2.81 bits per heavy atom. The highest BCUT2D eigenvalue weighted by Gasteiger charge is 2.41. The molecule has 3 heterocycles. The van der Waals surface area contributed by atoms with Crippen molar-refractivity contribution in [1.82, 2.24) is 19.2 Å². The van der Waals surface area contributed by atoms with Gasteiger partial charge in [0.25, 0.3) is 5.56 Å². The normalized spacial score (nSPS) is 22.3. The second-order valence-corrected chi connectivity index (χ2v) is 8.86. The second-order valence-electron chi connectivity index (χ2n) is 7.67. The minimum Gasteiger partial charge on any atom is -0.396 e. The van der Waals surface area contributed by atoms with Gasteiger partial charge in [-0.15, -0.1) is 11.3 Å². The standard InChI is InChI=1S/C19H22N4O2S/c1-10-5-16(12-3-4-12)21-22(10)8-14-7-17(25)23-18(15-6-13(15)9-24)11(2)26-19(23)20-14/h5,7,12-13,15,24H,3-4,6,8-9H2,1-2H3/t13-,15+/m0/s1. The Morgan fingerprint density at radius 2 is 2.12 bits per heavy atom. The fourth-order valence-electron chi connectivity index (χ4n) is 3.86. The zero-order valence-corrected chi connectivity index (χ0v) is 15.8. The Morgan fingerprint density at radius 1 is 1.31 bits per heavy atom. The van der Waals surface area contributed by atoms with E-state index in [4.69, 9.17) is 10.1 Å². The molecule has 2 aliphatic carbocycles. The van der Waals surface area contributed by atoms with Crippen molar-refractivity contribution in [2.45, 2.75) is 51.5 Å². The molecule has 2 fully saturated rings. The maximum Gasteiger partial charge on any atom is 0.259 e. The van der Waals surface area contributed by atoms with Gasteiger partial charge in [-0.2, -0.15) is 5.10 Å². The maximum absolute atomic E-state index is 12.8. The molecule has 0 aromatic carbocycles. The third-order valence-electron chi connectivity index (χ3n) is 5.60. The summed E-state index contributed by atoms with van der Waals surface area (Å²) in [5, 5.41) is 14.1. The van der Waals surface area contributed by atoms with Gasteiger partial charge in [0.05, 0.1) is 17.9 Å². The summed E-state index contributed by atoms with van der Waals surface area (Å²) in [7, 11) is 0. The summed E-state index contributed by atoms with van der Waals surface area (Å²) in [6.07, 6.45) is 3.41. The van der Waals surface area contributed by atoms with Gasteiger partial charge in [-0.25, -0.2) is 4.98 Å². The Labute approximate surface area is 155 Å². The molecule has 6 nitrogen and oxygen atoms in total. The van der Waals surface area contributed by atoms with E-state index in [9.17, 15) is 9.90 Å². The molecule has 2 aliphatic rings. The molecule has 0 aliphatic heterocycles. The van der Waals surface area contributed by atoms with Gasteiger partial charge in [-0.05, 0) is 45.1 Å². The van der Waals surface area contributed by atoms with E-state index < -0.39 is 0 Å². The van der Waals surface area contributed by atoms with Crippen LogP contribution in [-0.2, 0) is 6.54 Å². The van der Waals surface area contributed by atoms with Crippen LogP contribution in [0.15, 0.2) is 16.9 Å². The van der Waals surface area contributed by atoms with Crippen molar-refractivity contribution in [2.75, 3.05) is 6.61 Å². The van der Waals surface area contributed by atoms with Gasteiger partial charge in [0.15, 0.2) is 4.96 Å². The number of aryl methyl sites for hydroxylation is 2. The van der Waals surface area contributed by atoms with Crippen LogP contribution in [0.5, 0.6) is 0 Å². The first kappa shape index (κ1) is 16.2. The summed E-state index contributed by atoms with van der Waals surface area (Å²) < 4.78 is 3.70. The second kappa shape index (κ2) is 5.76. The van der Waals surface area contributed by atoms with Crippen LogP contribution in [0.4, 0.5) is 0 Å². The topological polar surface area (TPSA) is 72.4 Å². The summed E-state index contributed by atoms with van der Waals surface area (Å²) >= 11 is 1.56. The fourth-order valence-corrected chi connectivity index (χ4v) is 4.93. The van der Waals surface area contributed by atoms with Crippen molar-refractivity contribution >= 4 is 16.3 Å². The van der Waals surface area contributed by atoms with Gasteiger partial charge in [-0.1, -0.05) is 0 Å². The number of thiazole rings is 1. The number of hydrogen-bond acceptors (Lipinski definition) is 5. The number of rotatable bonds is 5. The zero-order valence-electron chi connectivity index (χ0n) is 15.0. The van der Waals surface area contributed by atoms with E-state index in [1.54, 1.807) is 21.8 Å². The number of aliphatic hydroxyl groups excluding tert-OH is 1. The summed E-state index contributed by atoms with van der Waals surface area (Å²) in [6, 6.07) is 3.79. The van der Waals surface area contributed by atoms with Crippen LogP contribution < -0.4 is 5.56 Å². The van der Waals surface area contributed by atoms with Gasteiger partial charge >= 0.3 is 0 Å². The summed E-state index contributed by atoms with van der Waals surface area (Å²) in [6.45, 7) is 4.81. The van der Waals surface area contributed by atoms with E-state index in [0.717, 1.165) is 33.3 Å². The predicted molar refractivity (Wildman–Crippen MR) is 100 cm³/mol. The van der Waals surface area contributed by atoms with E-state index in [-0.39, 0.29) is 24.0 Å². The minimum absolute atomic E-state index is 0.0276. The number of aliphatic hydroxyl groups is 1. The van der Waals surface area contributed by atoms with Crippen molar-refractivity contribution in [1.29, 1.82) is 0 Å². The molecule has 0 bridgehead atoms. The highest BCUT2D eigenvalue weighted by molar-refractivity contribution is 7.17. The monoisotopic (exact) mass is 370 g/mol. The highest BCUT2D eigenvalue weighted by atomic mass is 32.1. The Kier molecular flexibility index (Phi) is 3.59. The van der Waals surface area contributed by atoms with Gasteiger partial charge in [0.1, 0.15) is 0 Å². The molecule has 2 saturated carbocycles. The third-order valence-corrected chi connectivity index (χ3v) is 6.57. The van der Waals surface area contributed by atoms with Crippen molar-refractivity contribution in [3.8, 4) is 0 Å². The van der Waals surface area contributed by atoms with Crippen LogP contribution in [0.25, 0.3) is 4.96 Å². The van der Waals surface area contributed by atoms with Crippen molar-refractivity contribution in [3.05, 3.63) is 50.1 Å². The summed E-state index contributed by atoms with van der Waals surface area (Å²) in [4.78, 5) is 19.4. The summed E-state index contributed by atoms with van der Waals surface area (Å²) in [5.74, 6) is 1.19. The van der Waals surface area contributed by atoms with Crippen molar-refractivity contribution < 1.29 is 5.11 Å². The van der Waals surface area contributed by atoms with Gasteiger partial charge in [0.2, 0.25) is 0 Å². The molecule has 0 unspecified atom stereocenters. The lowest BCUT2D eigenvalue weighted by molar-refractivity contribution is 0.273. The smallest absolute Gasteiger partial charge is 0.259 e. The first-order valence-electron chi connectivity index (χ1n) is 9.22. The summed E-state index contributed by atoms with van der Waals surface area (Å²) in [5.41, 5.74) is 4.05. The van der Waals surface area contributed by atoms with Crippen molar-refractivity contribution in [3.63, 3.8) is 0 Å². The quantitative estimate of drug-likeness (QED) is 0.749. The molecule has 136 valence electrons. The first-order valence-corrected chi connectivity index (χ1v) is 10.0. The third kappa shape index (κ3) is 2.61. The largest absolute Gasteiger partial charge is 0.396 e. The molecule has 7 heteroatoms. The Balaban J connectivity index is 1.51. The molecule has 0 amide bonds. The predicted octanol–water partition coefficient (Wildman–Crippen LogP) is 2.59. The molecule has 0 radical (unpaired) electrons. The molecule has 0 spiro atoms. The van der Waals surface area contributed by atoms with Crippen LogP contribution in [0.1, 0.15) is 58.8 Å². The van der Waals surface area contributed by atoms with Crippen LogP contribution in [-0.4, -0.2) is 30.9 Å². The van der Waals surface area contributed by atoms with E-state index in [0.29, 0.717) is 12.5 Å². The van der Waals surface area contributed by atoms with Crippen LogP contribution in [0, 0.1) is 19.8 Å². The molecule has 3 aromatic heterocycles. The Hall–Kier alpha value is -1.99. The number of hydrogen-bond donors (Lipinski definition) is 1. The van der Waals surface area contributed by atoms with E-state index in [2.05, 4.69) is 13.0 Å². The van der Waals surface area contributed by atoms with Gasteiger partial charge in [0, 0.05) is 40.8 Å². The molecular formula is C19H22N4O2S. The van der Waals surface area contributed by atoms with E-state index in [1.807, 2.05) is 11.6 Å². The number of aromatic nitrogens is 4. The molecule has 5 rings (SSSR count). The molecular weight excluding hydrogens is 348 g/mol. The zero-order chi connectivity index (χ0) is 18.0. The van der Waals surface area contributed by atoms with Crippen LogP contribution in [0.3, 0.4) is 0 Å². The molecule has 26 heavy (non-hydrogen) atoms. The first-order chi connectivity index (χ1) is 12.5. The van der Waals surface area contributed by atoms with Gasteiger partial charge in [-0.3, -0.25) is 13.9 Å². The highest BCUT2D eigenvalue weighted by Crippen LogP contribution is 2.49. The average Bonchev–Trinajstić information content (AvgIpc) is 3.50. The molecule has 1 N–H and O–H groups in total.